The Morgan fingerprint density at radius 1 is 0.531 bits per heavy atom. The molecule has 1 aromatic rings. The average molecular weight is 494 g/mol. The van der Waals surface area contributed by atoms with E-state index in [2.05, 4.69) is 9.47 Å². The maximum absolute atomic E-state index is 13.2. The van der Waals surface area contributed by atoms with Crippen molar-refractivity contribution >= 4 is 0 Å². The predicted octanol–water partition coefficient (Wildman–Crippen LogP) is 6.57. The van der Waals surface area contributed by atoms with Crippen molar-refractivity contribution < 1.29 is 62.2 Å². The van der Waals surface area contributed by atoms with E-state index in [4.69, 9.17) is 0 Å². The molecule has 14 heteroatoms. The van der Waals surface area contributed by atoms with Gasteiger partial charge in [-0.15, -0.1) is 0 Å². The van der Waals surface area contributed by atoms with Gasteiger partial charge in [0.05, 0.1) is 13.2 Å². The molecule has 32 heavy (non-hydrogen) atoms. The molecule has 0 aliphatic rings. The maximum Gasteiger partial charge on any atom is 0.425 e. The Bertz CT molecular complexity index is 673. The summed E-state index contributed by atoms with van der Waals surface area (Å²) >= 11 is 0. The fourth-order valence-electron chi connectivity index (χ4n) is 2.16. The van der Waals surface area contributed by atoms with Crippen LogP contribution in [0.3, 0.4) is 0 Å². The van der Waals surface area contributed by atoms with Crippen LogP contribution in [0.5, 0.6) is 0 Å². The molecular weight excluding hydrogens is 476 g/mol. The fraction of sp³-hybridized carbons (Fsp3) is 0.667. The molecular formula is C18H18F12O2. The molecule has 0 atom stereocenters. The minimum absolute atomic E-state index is 0.194. The van der Waals surface area contributed by atoms with Crippen LogP contribution in [-0.2, 0) is 22.3 Å². The Kier molecular flexibility index (Phi) is 8.21. The van der Waals surface area contributed by atoms with Crippen molar-refractivity contribution in [2.45, 2.75) is 62.6 Å². The number of alkyl halides is 12. The van der Waals surface area contributed by atoms with Crippen LogP contribution in [0, 0.1) is 0 Å². The van der Waals surface area contributed by atoms with Crippen molar-refractivity contribution in [3.63, 3.8) is 0 Å². The molecule has 0 spiro atoms. The molecule has 0 aliphatic heterocycles. The fourth-order valence-corrected chi connectivity index (χ4v) is 2.16. The molecule has 186 valence electrons. The third-order valence-corrected chi connectivity index (χ3v) is 4.20. The lowest BCUT2D eigenvalue weighted by Crippen LogP contribution is -2.54. The van der Waals surface area contributed by atoms with Gasteiger partial charge in [0.1, 0.15) is 0 Å². The van der Waals surface area contributed by atoms with Crippen LogP contribution >= 0.6 is 0 Å². The highest BCUT2D eigenvalue weighted by Gasteiger charge is 2.71. The van der Waals surface area contributed by atoms with Crippen molar-refractivity contribution in [3.8, 4) is 0 Å². The number of hydrogen-bond donors (Lipinski definition) is 0. The summed E-state index contributed by atoms with van der Waals surface area (Å²) in [6.07, 6.45) is -11.8. The van der Waals surface area contributed by atoms with Gasteiger partial charge in [-0.05, 0) is 24.0 Å². The van der Waals surface area contributed by atoms with Gasteiger partial charge >= 0.3 is 35.9 Å². The lowest BCUT2D eigenvalue weighted by atomic mass is 10.1. The van der Waals surface area contributed by atoms with Crippen LogP contribution in [0.25, 0.3) is 0 Å². The van der Waals surface area contributed by atoms with Crippen LogP contribution in [0.1, 0.15) is 25.0 Å². The first-order valence-corrected chi connectivity index (χ1v) is 8.78. The molecule has 0 bridgehead atoms. The molecule has 0 saturated carbocycles. The van der Waals surface area contributed by atoms with Crippen LogP contribution in [0.2, 0.25) is 0 Å². The molecule has 0 amide bonds. The lowest BCUT2D eigenvalue weighted by Gasteiger charge is -2.30. The summed E-state index contributed by atoms with van der Waals surface area (Å²) in [6.45, 7) is -2.93. The Morgan fingerprint density at radius 2 is 0.781 bits per heavy atom. The van der Waals surface area contributed by atoms with Gasteiger partial charge in [-0.25, -0.2) is 0 Å². The molecule has 1 rings (SSSR count). The first-order chi connectivity index (χ1) is 14.2. The Labute approximate surface area is 174 Å². The molecule has 0 unspecified atom stereocenters. The lowest BCUT2D eigenvalue weighted by molar-refractivity contribution is -0.394. The SMILES string of the molecule is CC(F)(F)C(F)(F)C(F)(F)OCCc1ccc(CCOC(F)(F)C(F)(F)C(C)(F)F)cc1. The predicted molar refractivity (Wildman–Crippen MR) is 86.8 cm³/mol. The summed E-state index contributed by atoms with van der Waals surface area (Å²) in [7, 11) is 0. The Balaban J connectivity index is 2.59. The van der Waals surface area contributed by atoms with Gasteiger partial charge in [-0.2, -0.15) is 52.7 Å². The molecule has 0 radical (unpaired) electrons. The summed E-state index contributed by atoms with van der Waals surface area (Å²) < 4.78 is 163. The quantitative estimate of drug-likeness (QED) is 0.306. The van der Waals surface area contributed by atoms with Crippen LogP contribution in [-0.4, -0.2) is 49.1 Å². The zero-order valence-electron chi connectivity index (χ0n) is 16.5. The number of hydrogen-bond acceptors (Lipinski definition) is 2. The summed E-state index contributed by atoms with van der Waals surface area (Å²) in [5.41, 5.74) is 0.388. The van der Waals surface area contributed by atoms with Gasteiger partial charge in [0.25, 0.3) is 0 Å². The third-order valence-electron chi connectivity index (χ3n) is 4.20. The van der Waals surface area contributed by atoms with Gasteiger partial charge in [0, 0.05) is 13.8 Å². The normalized spacial score (nSPS) is 14.7. The minimum atomic E-state index is -5.76. The Morgan fingerprint density at radius 3 is 1.00 bits per heavy atom. The van der Waals surface area contributed by atoms with E-state index in [1.807, 2.05) is 0 Å². The highest BCUT2D eigenvalue weighted by molar-refractivity contribution is 5.22. The standard InChI is InChI=1S/C18H18F12O2/c1-13(19,20)15(23,24)17(27,28)31-9-7-11-3-5-12(6-4-11)8-10-32-18(29,30)16(25,26)14(2,21)22/h3-6H,7-10H2,1-2H3. The number of benzene rings is 1. The highest BCUT2D eigenvalue weighted by atomic mass is 19.4. The second-order valence-electron chi connectivity index (χ2n) is 6.97. The van der Waals surface area contributed by atoms with Gasteiger partial charge < -0.3 is 9.47 Å². The number of halogens is 12. The van der Waals surface area contributed by atoms with E-state index in [1.54, 1.807) is 0 Å². The maximum atomic E-state index is 13.2. The van der Waals surface area contributed by atoms with E-state index in [0.717, 1.165) is 0 Å². The van der Waals surface area contributed by atoms with Crippen LogP contribution in [0.15, 0.2) is 24.3 Å². The molecule has 0 heterocycles. The molecule has 0 aliphatic carbocycles. The van der Waals surface area contributed by atoms with Gasteiger partial charge in [-0.3, -0.25) is 0 Å². The first-order valence-electron chi connectivity index (χ1n) is 8.78. The number of rotatable bonds is 12. The van der Waals surface area contributed by atoms with Crippen molar-refractivity contribution in [1.82, 2.24) is 0 Å². The topological polar surface area (TPSA) is 18.5 Å². The van der Waals surface area contributed by atoms with Crippen LogP contribution < -0.4 is 0 Å². The van der Waals surface area contributed by atoms with E-state index in [-0.39, 0.29) is 11.1 Å². The van der Waals surface area contributed by atoms with Gasteiger partial charge in [-0.1, -0.05) is 24.3 Å². The third kappa shape index (κ3) is 6.21. The van der Waals surface area contributed by atoms with E-state index >= 15 is 0 Å². The molecule has 2 nitrogen and oxygen atoms in total. The van der Waals surface area contributed by atoms with Crippen LogP contribution in [0.4, 0.5) is 52.7 Å². The molecule has 0 fully saturated rings. The largest absolute Gasteiger partial charge is 0.425 e. The summed E-state index contributed by atoms with van der Waals surface area (Å²) in [6, 6.07) is 4.82. The molecule has 0 N–H and O–H groups in total. The zero-order valence-corrected chi connectivity index (χ0v) is 16.5. The Hall–Kier alpha value is -1.70. The van der Waals surface area contributed by atoms with Gasteiger partial charge in [0.15, 0.2) is 0 Å². The van der Waals surface area contributed by atoms with Gasteiger partial charge in [0.2, 0.25) is 0 Å². The second-order valence-corrected chi connectivity index (χ2v) is 6.97. The molecule has 0 aromatic heterocycles. The van der Waals surface area contributed by atoms with Crippen molar-refractivity contribution in [3.05, 3.63) is 35.4 Å². The summed E-state index contributed by atoms with van der Waals surface area (Å²) in [4.78, 5) is 0. The van der Waals surface area contributed by atoms with E-state index in [1.165, 1.54) is 24.3 Å². The van der Waals surface area contributed by atoms with E-state index in [9.17, 15) is 52.7 Å². The number of ether oxygens (including phenoxy) is 2. The second kappa shape index (κ2) is 9.27. The smallest absolute Gasteiger partial charge is 0.315 e. The summed E-state index contributed by atoms with van der Waals surface area (Å²) in [5.74, 6) is -21.6. The average Bonchev–Trinajstić information content (AvgIpc) is 2.60. The zero-order chi connectivity index (χ0) is 25.2. The molecule has 1 aromatic carbocycles. The minimum Gasteiger partial charge on any atom is -0.315 e. The monoisotopic (exact) mass is 494 g/mol. The highest BCUT2D eigenvalue weighted by Crippen LogP contribution is 2.47. The molecule has 0 saturated heterocycles. The van der Waals surface area contributed by atoms with Crippen molar-refractivity contribution in [1.29, 1.82) is 0 Å². The van der Waals surface area contributed by atoms with Crippen molar-refractivity contribution in [2.75, 3.05) is 13.2 Å². The van der Waals surface area contributed by atoms with E-state index < -0.39 is 75.8 Å². The van der Waals surface area contributed by atoms with Crippen molar-refractivity contribution in [2.24, 2.45) is 0 Å². The van der Waals surface area contributed by atoms with E-state index in [0.29, 0.717) is 0 Å². The first kappa shape index (κ1) is 28.3. The summed E-state index contributed by atoms with van der Waals surface area (Å²) in [5, 5.41) is 0.